The van der Waals surface area contributed by atoms with Crippen molar-refractivity contribution in [2.24, 2.45) is 0 Å². The standard InChI is InChI=1S/C12H13F/c1-3-12(2,13)10-9-11-7-5-4-6-8-11/h1,4-8H,9-10H2,2H3. The van der Waals surface area contributed by atoms with Crippen LogP contribution in [0, 0.1) is 12.3 Å². The molecule has 0 aliphatic rings. The minimum Gasteiger partial charge on any atom is -0.230 e. The first-order chi connectivity index (χ1) is 6.14. The van der Waals surface area contributed by atoms with E-state index in [4.69, 9.17) is 6.42 Å². The van der Waals surface area contributed by atoms with Crippen molar-refractivity contribution in [1.29, 1.82) is 0 Å². The molecule has 0 fully saturated rings. The number of terminal acetylenes is 1. The molecule has 0 nitrogen and oxygen atoms in total. The zero-order chi connectivity index (χ0) is 9.73. The van der Waals surface area contributed by atoms with Gasteiger partial charge in [-0.25, -0.2) is 4.39 Å². The minimum atomic E-state index is -1.48. The van der Waals surface area contributed by atoms with Gasteiger partial charge >= 0.3 is 0 Å². The molecule has 0 bridgehead atoms. The first-order valence-electron chi connectivity index (χ1n) is 4.35. The Labute approximate surface area is 78.8 Å². The van der Waals surface area contributed by atoms with Crippen molar-refractivity contribution in [3.63, 3.8) is 0 Å². The van der Waals surface area contributed by atoms with E-state index in [-0.39, 0.29) is 0 Å². The summed E-state index contributed by atoms with van der Waals surface area (Å²) in [6.07, 6.45) is 6.12. The number of benzene rings is 1. The van der Waals surface area contributed by atoms with Crippen molar-refractivity contribution >= 4 is 0 Å². The lowest BCUT2D eigenvalue weighted by Crippen LogP contribution is -2.15. The smallest absolute Gasteiger partial charge is 0.168 e. The highest BCUT2D eigenvalue weighted by molar-refractivity contribution is 5.16. The summed E-state index contributed by atoms with van der Waals surface area (Å²) in [6, 6.07) is 9.79. The van der Waals surface area contributed by atoms with Gasteiger partial charge in [-0.15, -0.1) is 6.42 Å². The summed E-state index contributed by atoms with van der Waals surface area (Å²) in [7, 11) is 0. The van der Waals surface area contributed by atoms with E-state index >= 15 is 0 Å². The van der Waals surface area contributed by atoms with Crippen LogP contribution < -0.4 is 0 Å². The maximum atomic E-state index is 13.3. The highest BCUT2D eigenvalue weighted by Crippen LogP contribution is 2.17. The SMILES string of the molecule is C#CC(C)(F)CCc1ccccc1. The molecule has 0 amide bonds. The average molecular weight is 176 g/mol. The van der Waals surface area contributed by atoms with Crippen LogP contribution in [0.2, 0.25) is 0 Å². The second kappa shape index (κ2) is 4.09. The lowest BCUT2D eigenvalue weighted by Gasteiger charge is -2.12. The molecule has 13 heavy (non-hydrogen) atoms. The van der Waals surface area contributed by atoms with Crippen LogP contribution in [0.4, 0.5) is 4.39 Å². The summed E-state index contributed by atoms with van der Waals surface area (Å²) < 4.78 is 13.3. The minimum absolute atomic E-state index is 0.382. The van der Waals surface area contributed by atoms with E-state index in [1.165, 1.54) is 6.92 Å². The van der Waals surface area contributed by atoms with Crippen molar-refractivity contribution < 1.29 is 4.39 Å². The van der Waals surface area contributed by atoms with Gasteiger partial charge in [0, 0.05) is 0 Å². The highest BCUT2D eigenvalue weighted by Gasteiger charge is 2.18. The number of halogens is 1. The van der Waals surface area contributed by atoms with Crippen molar-refractivity contribution in [2.75, 3.05) is 0 Å². The predicted molar refractivity (Wildman–Crippen MR) is 53.1 cm³/mol. The molecule has 0 aliphatic carbocycles. The Hall–Kier alpha value is -1.29. The number of hydrogen-bond donors (Lipinski definition) is 0. The monoisotopic (exact) mass is 176 g/mol. The van der Waals surface area contributed by atoms with Gasteiger partial charge in [0.1, 0.15) is 0 Å². The van der Waals surface area contributed by atoms with Gasteiger partial charge in [-0.05, 0) is 25.3 Å². The van der Waals surface area contributed by atoms with Gasteiger partial charge in [0.2, 0.25) is 0 Å². The quantitative estimate of drug-likeness (QED) is 0.621. The average Bonchev–Trinajstić information content (AvgIpc) is 2.17. The van der Waals surface area contributed by atoms with E-state index in [2.05, 4.69) is 5.92 Å². The Bertz CT molecular complexity index is 293. The molecule has 0 radical (unpaired) electrons. The van der Waals surface area contributed by atoms with Crippen LogP contribution in [-0.4, -0.2) is 5.67 Å². The van der Waals surface area contributed by atoms with Crippen LogP contribution in [-0.2, 0) is 6.42 Å². The second-order valence-electron chi connectivity index (χ2n) is 3.33. The lowest BCUT2D eigenvalue weighted by molar-refractivity contribution is 0.254. The van der Waals surface area contributed by atoms with Gasteiger partial charge in [0.25, 0.3) is 0 Å². The van der Waals surface area contributed by atoms with Gasteiger partial charge in [0.15, 0.2) is 5.67 Å². The molecule has 1 aromatic rings. The third-order valence-corrected chi connectivity index (χ3v) is 2.03. The summed E-state index contributed by atoms with van der Waals surface area (Å²) >= 11 is 0. The van der Waals surface area contributed by atoms with E-state index < -0.39 is 5.67 Å². The molecule has 1 aromatic carbocycles. The zero-order valence-electron chi connectivity index (χ0n) is 7.76. The van der Waals surface area contributed by atoms with Gasteiger partial charge < -0.3 is 0 Å². The third kappa shape index (κ3) is 3.29. The zero-order valence-corrected chi connectivity index (χ0v) is 7.76. The molecule has 68 valence electrons. The Kier molecular flexibility index (Phi) is 3.08. The summed E-state index contributed by atoms with van der Waals surface area (Å²) in [5, 5.41) is 0. The fraction of sp³-hybridized carbons (Fsp3) is 0.333. The molecule has 1 atom stereocenters. The summed E-state index contributed by atoms with van der Waals surface area (Å²) in [5.41, 5.74) is -0.350. The van der Waals surface area contributed by atoms with Crippen LogP contribution in [0.1, 0.15) is 18.9 Å². The van der Waals surface area contributed by atoms with Crippen molar-refractivity contribution in [2.45, 2.75) is 25.4 Å². The van der Waals surface area contributed by atoms with E-state index in [1.807, 2.05) is 30.3 Å². The van der Waals surface area contributed by atoms with Gasteiger partial charge in [0.05, 0.1) is 0 Å². The molecule has 0 heterocycles. The normalized spacial score (nSPS) is 14.5. The van der Waals surface area contributed by atoms with Crippen molar-refractivity contribution in [3.05, 3.63) is 35.9 Å². The molecule has 0 saturated carbocycles. The molecule has 1 heteroatoms. The van der Waals surface area contributed by atoms with E-state index in [1.54, 1.807) is 0 Å². The first kappa shape index (κ1) is 9.80. The van der Waals surface area contributed by atoms with Crippen LogP contribution in [0.15, 0.2) is 30.3 Å². The third-order valence-electron chi connectivity index (χ3n) is 2.03. The molecular weight excluding hydrogens is 163 g/mol. The fourth-order valence-corrected chi connectivity index (χ4v) is 1.10. The van der Waals surface area contributed by atoms with Crippen molar-refractivity contribution in [3.8, 4) is 12.3 Å². The van der Waals surface area contributed by atoms with E-state index in [0.29, 0.717) is 12.8 Å². The summed E-state index contributed by atoms with van der Waals surface area (Å²) in [6.45, 7) is 1.44. The van der Waals surface area contributed by atoms with Gasteiger partial charge in [-0.2, -0.15) is 0 Å². The van der Waals surface area contributed by atoms with Crippen LogP contribution in [0.5, 0.6) is 0 Å². The van der Waals surface area contributed by atoms with E-state index in [0.717, 1.165) is 5.56 Å². The predicted octanol–water partition coefficient (Wildman–Crippen LogP) is 2.98. The van der Waals surface area contributed by atoms with Crippen LogP contribution in [0.3, 0.4) is 0 Å². The van der Waals surface area contributed by atoms with Crippen LogP contribution in [0.25, 0.3) is 0 Å². The fourth-order valence-electron chi connectivity index (χ4n) is 1.10. The summed E-state index contributed by atoms with van der Waals surface area (Å²) in [5.74, 6) is 2.14. The maximum Gasteiger partial charge on any atom is 0.168 e. The highest BCUT2D eigenvalue weighted by atomic mass is 19.1. The molecule has 0 aliphatic heterocycles. The number of aryl methyl sites for hydroxylation is 1. The Balaban J connectivity index is 2.50. The molecule has 0 aromatic heterocycles. The molecule has 0 saturated heterocycles. The topological polar surface area (TPSA) is 0 Å². The van der Waals surface area contributed by atoms with Crippen molar-refractivity contribution in [1.82, 2.24) is 0 Å². The molecule has 0 N–H and O–H groups in total. The van der Waals surface area contributed by atoms with E-state index in [9.17, 15) is 4.39 Å². The Morgan fingerprint density at radius 3 is 2.54 bits per heavy atom. The Morgan fingerprint density at radius 2 is 2.00 bits per heavy atom. The molecule has 1 rings (SSSR count). The van der Waals surface area contributed by atoms with Gasteiger partial charge in [-0.3, -0.25) is 0 Å². The lowest BCUT2D eigenvalue weighted by atomic mass is 9.99. The Morgan fingerprint density at radius 1 is 1.38 bits per heavy atom. The molecule has 1 unspecified atom stereocenters. The maximum absolute atomic E-state index is 13.3. The van der Waals surface area contributed by atoms with Crippen LogP contribution >= 0.6 is 0 Å². The number of alkyl halides is 1. The largest absolute Gasteiger partial charge is 0.230 e. The first-order valence-corrected chi connectivity index (χ1v) is 4.35. The summed E-state index contributed by atoms with van der Waals surface area (Å²) in [4.78, 5) is 0. The number of rotatable bonds is 3. The number of hydrogen-bond acceptors (Lipinski definition) is 0. The molecular formula is C12H13F. The second-order valence-corrected chi connectivity index (χ2v) is 3.33. The van der Waals surface area contributed by atoms with Gasteiger partial charge in [-0.1, -0.05) is 36.3 Å². The molecule has 0 spiro atoms.